The van der Waals surface area contributed by atoms with Crippen LogP contribution in [0.25, 0.3) is 0 Å². The van der Waals surface area contributed by atoms with E-state index < -0.39 is 0 Å². The van der Waals surface area contributed by atoms with Crippen LogP contribution < -0.4 is 5.32 Å². The first-order chi connectivity index (χ1) is 8.66. The summed E-state index contributed by atoms with van der Waals surface area (Å²) in [6.07, 6.45) is 3.51. The highest BCUT2D eigenvalue weighted by Crippen LogP contribution is 2.27. The first-order valence-corrected chi connectivity index (χ1v) is 6.86. The second kappa shape index (κ2) is 8.27. The molecule has 0 fully saturated rings. The average molecular weight is 272 g/mol. The van der Waals surface area contributed by atoms with Gasteiger partial charge in [0.15, 0.2) is 0 Å². The van der Waals surface area contributed by atoms with Gasteiger partial charge in [0, 0.05) is 25.3 Å². The van der Waals surface area contributed by atoms with Gasteiger partial charge in [-0.3, -0.25) is 0 Å². The van der Waals surface area contributed by atoms with Crippen molar-refractivity contribution in [2.24, 2.45) is 0 Å². The van der Waals surface area contributed by atoms with Gasteiger partial charge in [-0.15, -0.1) is 0 Å². The molecule has 4 nitrogen and oxygen atoms in total. The molecular formula is C13H22ClN3O. The summed E-state index contributed by atoms with van der Waals surface area (Å²) in [5, 5.41) is 3.83. The molecule has 0 saturated carbocycles. The second-order valence-corrected chi connectivity index (χ2v) is 4.83. The number of rotatable bonds is 8. The van der Waals surface area contributed by atoms with Gasteiger partial charge < -0.3 is 10.1 Å². The third-order valence-corrected chi connectivity index (χ3v) is 2.82. The first kappa shape index (κ1) is 15.2. The van der Waals surface area contributed by atoms with Crippen LogP contribution in [0.5, 0.6) is 0 Å². The van der Waals surface area contributed by atoms with Crippen molar-refractivity contribution in [3.05, 3.63) is 17.0 Å². The molecule has 1 aromatic heterocycles. The van der Waals surface area contributed by atoms with E-state index in [0.717, 1.165) is 44.0 Å². The molecule has 1 heterocycles. The zero-order valence-electron chi connectivity index (χ0n) is 11.4. The molecule has 0 aromatic carbocycles. The molecule has 0 saturated heterocycles. The Morgan fingerprint density at radius 2 is 2.11 bits per heavy atom. The first-order valence-electron chi connectivity index (χ1n) is 6.48. The predicted octanol–water partition coefficient (Wildman–Crippen LogP) is 3.48. The maximum absolute atomic E-state index is 6.09. The third-order valence-electron chi connectivity index (χ3n) is 2.52. The molecule has 0 spiro atoms. The molecule has 5 heteroatoms. The molecule has 102 valence electrons. The molecule has 1 N–H and O–H groups in total. The number of anilines is 1. The number of aromatic nitrogens is 2. The van der Waals surface area contributed by atoms with Crippen LogP contribution in [0.1, 0.15) is 45.1 Å². The molecule has 0 radical (unpaired) electrons. The molecule has 0 amide bonds. The SMILES string of the molecule is CCCOCCCNc1ncnc(Cl)c1C(C)C. The van der Waals surface area contributed by atoms with Crippen molar-refractivity contribution < 1.29 is 4.74 Å². The van der Waals surface area contributed by atoms with Gasteiger partial charge in [-0.2, -0.15) is 0 Å². The van der Waals surface area contributed by atoms with Crippen LogP contribution in [0.4, 0.5) is 5.82 Å². The normalized spacial score (nSPS) is 10.9. The van der Waals surface area contributed by atoms with Crippen LogP contribution in [0.3, 0.4) is 0 Å². The minimum absolute atomic E-state index is 0.303. The van der Waals surface area contributed by atoms with E-state index in [9.17, 15) is 0 Å². The van der Waals surface area contributed by atoms with Crippen LogP contribution in [0.15, 0.2) is 6.33 Å². The van der Waals surface area contributed by atoms with Gasteiger partial charge in [-0.05, 0) is 18.8 Å². The van der Waals surface area contributed by atoms with Crippen molar-refractivity contribution in [3.63, 3.8) is 0 Å². The topological polar surface area (TPSA) is 47.0 Å². The highest BCUT2D eigenvalue weighted by atomic mass is 35.5. The molecular weight excluding hydrogens is 250 g/mol. The van der Waals surface area contributed by atoms with E-state index in [1.165, 1.54) is 6.33 Å². The Bertz CT molecular complexity index is 358. The van der Waals surface area contributed by atoms with Gasteiger partial charge >= 0.3 is 0 Å². The van der Waals surface area contributed by atoms with E-state index in [2.05, 4.69) is 36.1 Å². The number of hydrogen-bond donors (Lipinski definition) is 1. The Kier molecular flexibility index (Phi) is 6.98. The van der Waals surface area contributed by atoms with Crippen molar-refractivity contribution in [1.82, 2.24) is 9.97 Å². The summed E-state index contributed by atoms with van der Waals surface area (Å²) in [5.41, 5.74) is 0.980. The zero-order chi connectivity index (χ0) is 13.4. The lowest BCUT2D eigenvalue weighted by Crippen LogP contribution is -2.10. The van der Waals surface area contributed by atoms with Crippen LogP contribution in [-0.4, -0.2) is 29.7 Å². The molecule has 1 aromatic rings. The van der Waals surface area contributed by atoms with Gasteiger partial charge in [0.25, 0.3) is 0 Å². The standard InChI is InChI=1S/C13H22ClN3O/c1-4-7-18-8-5-6-15-13-11(10(2)3)12(14)16-9-17-13/h9-10H,4-8H2,1-3H3,(H,15,16,17). The van der Waals surface area contributed by atoms with Gasteiger partial charge in [0.05, 0.1) is 0 Å². The van der Waals surface area contributed by atoms with Crippen molar-refractivity contribution >= 4 is 17.4 Å². The van der Waals surface area contributed by atoms with Gasteiger partial charge in [0.1, 0.15) is 17.3 Å². The molecule has 0 unspecified atom stereocenters. The maximum atomic E-state index is 6.09. The van der Waals surface area contributed by atoms with Crippen LogP contribution in [-0.2, 0) is 4.74 Å². The smallest absolute Gasteiger partial charge is 0.138 e. The Balaban J connectivity index is 2.44. The molecule has 0 aliphatic heterocycles. The summed E-state index contributed by atoms with van der Waals surface area (Å²) in [6.45, 7) is 8.71. The second-order valence-electron chi connectivity index (χ2n) is 4.47. The third kappa shape index (κ3) is 4.78. The summed E-state index contributed by atoms with van der Waals surface area (Å²) >= 11 is 6.09. The van der Waals surface area contributed by atoms with E-state index >= 15 is 0 Å². The van der Waals surface area contributed by atoms with Crippen LogP contribution in [0.2, 0.25) is 5.15 Å². The lowest BCUT2D eigenvalue weighted by molar-refractivity contribution is 0.134. The van der Waals surface area contributed by atoms with Crippen molar-refractivity contribution in [3.8, 4) is 0 Å². The number of ether oxygens (including phenoxy) is 1. The molecule has 0 bridgehead atoms. The zero-order valence-corrected chi connectivity index (χ0v) is 12.1. The van der Waals surface area contributed by atoms with E-state index in [1.54, 1.807) is 0 Å². The van der Waals surface area contributed by atoms with E-state index in [1.807, 2.05) is 0 Å². The number of nitrogens with zero attached hydrogens (tertiary/aromatic N) is 2. The maximum Gasteiger partial charge on any atom is 0.138 e. The van der Waals surface area contributed by atoms with Crippen molar-refractivity contribution in [2.75, 3.05) is 25.1 Å². The summed E-state index contributed by atoms with van der Waals surface area (Å²) in [6, 6.07) is 0. The predicted molar refractivity (Wildman–Crippen MR) is 75.3 cm³/mol. The Morgan fingerprint density at radius 3 is 2.78 bits per heavy atom. The minimum Gasteiger partial charge on any atom is -0.381 e. The lowest BCUT2D eigenvalue weighted by atomic mass is 10.1. The fourth-order valence-corrected chi connectivity index (χ4v) is 2.01. The van der Waals surface area contributed by atoms with E-state index in [4.69, 9.17) is 16.3 Å². The molecule has 0 atom stereocenters. The monoisotopic (exact) mass is 271 g/mol. The molecule has 1 rings (SSSR count). The minimum atomic E-state index is 0.303. The van der Waals surface area contributed by atoms with Crippen LogP contribution >= 0.6 is 11.6 Å². The van der Waals surface area contributed by atoms with Gasteiger partial charge in [-0.25, -0.2) is 9.97 Å². The summed E-state index contributed by atoms with van der Waals surface area (Å²) in [5.74, 6) is 1.14. The highest BCUT2D eigenvalue weighted by Gasteiger charge is 2.12. The molecule has 0 aliphatic carbocycles. The average Bonchev–Trinajstić information content (AvgIpc) is 2.33. The van der Waals surface area contributed by atoms with Crippen molar-refractivity contribution in [1.29, 1.82) is 0 Å². The Morgan fingerprint density at radius 1 is 1.33 bits per heavy atom. The molecule has 0 aliphatic rings. The fourth-order valence-electron chi connectivity index (χ4n) is 1.65. The van der Waals surface area contributed by atoms with Crippen LogP contribution in [0, 0.1) is 0 Å². The number of nitrogens with one attached hydrogen (secondary N) is 1. The summed E-state index contributed by atoms with van der Waals surface area (Å²) < 4.78 is 5.42. The fraction of sp³-hybridized carbons (Fsp3) is 0.692. The van der Waals surface area contributed by atoms with Gasteiger partial charge in [-0.1, -0.05) is 32.4 Å². The van der Waals surface area contributed by atoms with E-state index in [-0.39, 0.29) is 0 Å². The van der Waals surface area contributed by atoms with Crippen molar-refractivity contribution in [2.45, 2.75) is 39.5 Å². The quantitative estimate of drug-likeness (QED) is 0.581. The van der Waals surface area contributed by atoms with Gasteiger partial charge in [0.2, 0.25) is 0 Å². The van der Waals surface area contributed by atoms with E-state index in [0.29, 0.717) is 11.1 Å². The summed E-state index contributed by atoms with van der Waals surface area (Å²) in [7, 11) is 0. The highest BCUT2D eigenvalue weighted by molar-refractivity contribution is 6.30. The number of halogens is 1. The summed E-state index contributed by atoms with van der Waals surface area (Å²) in [4.78, 5) is 8.27. The Labute approximate surface area is 114 Å². The molecule has 18 heavy (non-hydrogen) atoms. The lowest BCUT2D eigenvalue weighted by Gasteiger charge is -2.14. The Hall–Kier alpha value is -0.870. The number of hydrogen-bond acceptors (Lipinski definition) is 4. The largest absolute Gasteiger partial charge is 0.381 e.